The van der Waals surface area contributed by atoms with Crippen molar-refractivity contribution in [2.75, 3.05) is 18.0 Å². The molecule has 1 aliphatic heterocycles. The Morgan fingerprint density at radius 2 is 1.85 bits per heavy atom. The summed E-state index contributed by atoms with van der Waals surface area (Å²) >= 11 is 0. The van der Waals surface area contributed by atoms with Gasteiger partial charge in [-0.15, -0.1) is 0 Å². The number of hydrogen-bond donors (Lipinski definition) is 1. The number of nitrogens with zero attached hydrogens (tertiary/aromatic N) is 3. The maximum Gasteiger partial charge on any atom is 0.394 e. The summed E-state index contributed by atoms with van der Waals surface area (Å²) in [6.07, 6.45) is -4.54. The highest BCUT2D eigenvalue weighted by molar-refractivity contribution is 5.72. The monoisotopic (exact) mass is 289 g/mol. The number of carboxylic acids is 1. The SMILES string of the molecule is Cc1cc(C)nc(N2C[C@H](C(=O)O)[C@@H](C(F)(F)F)C2)n1. The van der Waals surface area contributed by atoms with E-state index in [9.17, 15) is 18.0 Å². The first-order chi connectivity index (χ1) is 9.18. The van der Waals surface area contributed by atoms with Crippen LogP contribution in [0.25, 0.3) is 0 Å². The van der Waals surface area contributed by atoms with Gasteiger partial charge in [-0.25, -0.2) is 9.97 Å². The van der Waals surface area contributed by atoms with E-state index in [0.717, 1.165) is 0 Å². The van der Waals surface area contributed by atoms with Crippen molar-refractivity contribution in [3.63, 3.8) is 0 Å². The second kappa shape index (κ2) is 4.92. The number of carboxylic acid groups (broad SMARTS) is 1. The van der Waals surface area contributed by atoms with E-state index in [1.807, 2.05) is 0 Å². The van der Waals surface area contributed by atoms with Gasteiger partial charge in [-0.1, -0.05) is 0 Å². The second-order valence-electron chi connectivity index (χ2n) is 4.95. The zero-order valence-electron chi connectivity index (χ0n) is 11.0. The van der Waals surface area contributed by atoms with Gasteiger partial charge >= 0.3 is 12.1 Å². The normalized spacial score (nSPS) is 23.1. The second-order valence-corrected chi connectivity index (χ2v) is 4.95. The lowest BCUT2D eigenvalue weighted by atomic mass is 9.96. The average molecular weight is 289 g/mol. The first kappa shape index (κ1) is 14.5. The fourth-order valence-electron chi connectivity index (χ4n) is 2.40. The first-order valence-electron chi connectivity index (χ1n) is 6.05. The van der Waals surface area contributed by atoms with Gasteiger partial charge in [-0.05, 0) is 19.9 Å². The van der Waals surface area contributed by atoms with Gasteiger partial charge in [0.1, 0.15) is 0 Å². The highest BCUT2D eigenvalue weighted by Gasteiger charge is 2.53. The van der Waals surface area contributed by atoms with Crippen molar-refractivity contribution < 1.29 is 23.1 Å². The van der Waals surface area contributed by atoms with Crippen LogP contribution in [0.1, 0.15) is 11.4 Å². The third-order valence-electron chi connectivity index (χ3n) is 3.31. The van der Waals surface area contributed by atoms with Crippen molar-refractivity contribution in [1.29, 1.82) is 0 Å². The van der Waals surface area contributed by atoms with E-state index in [4.69, 9.17) is 5.11 Å². The predicted molar refractivity (Wildman–Crippen MR) is 64.4 cm³/mol. The Labute approximate surface area is 113 Å². The van der Waals surface area contributed by atoms with Gasteiger partial charge in [-0.2, -0.15) is 13.2 Å². The van der Waals surface area contributed by atoms with Crippen LogP contribution < -0.4 is 4.90 Å². The molecule has 2 rings (SSSR count). The summed E-state index contributed by atoms with van der Waals surface area (Å²) in [6, 6.07) is 1.70. The zero-order valence-corrected chi connectivity index (χ0v) is 11.0. The molecule has 20 heavy (non-hydrogen) atoms. The fourth-order valence-corrected chi connectivity index (χ4v) is 2.40. The van der Waals surface area contributed by atoms with Crippen LogP contribution in [0.3, 0.4) is 0 Å². The van der Waals surface area contributed by atoms with Crippen LogP contribution in [0.4, 0.5) is 19.1 Å². The summed E-state index contributed by atoms with van der Waals surface area (Å²) in [7, 11) is 0. The Balaban J connectivity index is 2.30. The van der Waals surface area contributed by atoms with E-state index in [0.29, 0.717) is 11.4 Å². The van der Waals surface area contributed by atoms with Crippen LogP contribution in [0, 0.1) is 25.7 Å². The Hall–Kier alpha value is -1.86. The third-order valence-corrected chi connectivity index (χ3v) is 3.31. The van der Waals surface area contributed by atoms with Crippen molar-refractivity contribution in [2.45, 2.75) is 20.0 Å². The zero-order chi connectivity index (χ0) is 15.1. The molecule has 0 unspecified atom stereocenters. The molecule has 0 aromatic carbocycles. The smallest absolute Gasteiger partial charge is 0.394 e. The largest absolute Gasteiger partial charge is 0.481 e. The summed E-state index contributed by atoms with van der Waals surface area (Å²) in [5.74, 6) is -4.68. The minimum Gasteiger partial charge on any atom is -0.481 e. The number of hydrogen-bond acceptors (Lipinski definition) is 4. The van der Waals surface area contributed by atoms with Gasteiger partial charge in [0.2, 0.25) is 5.95 Å². The lowest BCUT2D eigenvalue weighted by Gasteiger charge is -2.18. The number of anilines is 1. The van der Waals surface area contributed by atoms with Gasteiger partial charge in [-0.3, -0.25) is 4.79 Å². The molecule has 1 aromatic rings. The molecule has 0 amide bonds. The molecule has 110 valence electrons. The summed E-state index contributed by atoms with van der Waals surface area (Å²) < 4.78 is 38.7. The average Bonchev–Trinajstić information content (AvgIpc) is 2.71. The quantitative estimate of drug-likeness (QED) is 0.899. The van der Waals surface area contributed by atoms with Crippen LogP contribution >= 0.6 is 0 Å². The lowest BCUT2D eigenvalue weighted by molar-refractivity contribution is -0.187. The number of rotatable bonds is 2. The molecule has 0 spiro atoms. The van der Waals surface area contributed by atoms with Crippen LogP contribution in [0.15, 0.2) is 6.07 Å². The molecule has 1 N–H and O–H groups in total. The van der Waals surface area contributed by atoms with Gasteiger partial charge < -0.3 is 10.0 Å². The maximum atomic E-state index is 12.9. The molecule has 2 atom stereocenters. The molecule has 8 heteroatoms. The van der Waals surface area contributed by atoms with E-state index in [-0.39, 0.29) is 12.5 Å². The molecule has 0 aliphatic carbocycles. The standard InChI is InChI=1S/C12H14F3N3O2/c1-6-3-7(2)17-11(16-6)18-4-8(10(19)20)9(5-18)12(13,14)15/h3,8-9H,4-5H2,1-2H3,(H,19,20)/t8-,9-/m0/s1. The van der Waals surface area contributed by atoms with E-state index in [1.54, 1.807) is 19.9 Å². The van der Waals surface area contributed by atoms with Crippen LogP contribution in [-0.4, -0.2) is 40.3 Å². The molecule has 5 nitrogen and oxygen atoms in total. The van der Waals surface area contributed by atoms with Crippen molar-refractivity contribution in [1.82, 2.24) is 9.97 Å². The summed E-state index contributed by atoms with van der Waals surface area (Å²) in [5, 5.41) is 8.95. The molecule has 1 saturated heterocycles. The van der Waals surface area contributed by atoms with E-state index >= 15 is 0 Å². The van der Waals surface area contributed by atoms with Crippen LogP contribution in [0.2, 0.25) is 0 Å². The Kier molecular flexibility index (Phi) is 3.58. The number of aliphatic carboxylic acids is 1. The molecule has 0 saturated carbocycles. The van der Waals surface area contributed by atoms with Gasteiger partial charge in [0.05, 0.1) is 11.8 Å². The van der Waals surface area contributed by atoms with Crippen LogP contribution in [-0.2, 0) is 4.79 Å². The highest BCUT2D eigenvalue weighted by atomic mass is 19.4. The lowest BCUT2D eigenvalue weighted by Crippen LogP contribution is -2.33. The topological polar surface area (TPSA) is 66.3 Å². The van der Waals surface area contributed by atoms with Gasteiger partial charge in [0.15, 0.2) is 0 Å². The number of carbonyl (C=O) groups is 1. The van der Waals surface area contributed by atoms with E-state index < -0.39 is 30.5 Å². The van der Waals surface area contributed by atoms with Crippen molar-refractivity contribution in [3.8, 4) is 0 Å². The van der Waals surface area contributed by atoms with Crippen molar-refractivity contribution in [3.05, 3.63) is 17.5 Å². The Bertz CT molecular complexity index is 513. The first-order valence-corrected chi connectivity index (χ1v) is 6.05. The van der Waals surface area contributed by atoms with E-state index in [1.165, 1.54) is 4.90 Å². The molecule has 2 heterocycles. The Morgan fingerprint density at radius 1 is 1.30 bits per heavy atom. The van der Waals surface area contributed by atoms with Gasteiger partial charge in [0.25, 0.3) is 0 Å². The Morgan fingerprint density at radius 3 is 2.25 bits per heavy atom. The highest BCUT2D eigenvalue weighted by Crippen LogP contribution is 2.38. The third kappa shape index (κ3) is 2.83. The van der Waals surface area contributed by atoms with Crippen molar-refractivity contribution >= 4 is 11.9 Å². The number of alkyl halides is 3. The minimum atomic E-state index is -4.54. The number of halogens is 3. The number of aromatic nitrogens is 2. The summed E-state index contributed by atoms with van der Waals surface area (Å²) in [4.78, 5) is 20.5. The summed E-state index contributed by atoms with van der Waals surface area (Å²) in [5.41, 5.74) is 1.27. The maximum absolute atomic E-state index is 12.9. The van der Waals surface area contributed by atoms with E-state index in [2.05, 4.69) is 9.97 Å². The summed E-state index contributed by atoms with van der Waals surface area (Å²) in [6.45, 7) is 2.76. The minimum absolute atomic E-state index is 0.153. The molecule has 1 aliphatic rings. The van der Waals surface area contributed by atoms with Gasteiger partial charge in [0, 0.05) is 24.5 Å². The van der Waals surface area contributed by atoms with Crippen molar-refractivity contribution in [2.24, 2.45) is 11.8 Å². The fraction of sp³-hybridized carbons (Fsp3) is 0.583. The number of aryl methyl sites for hydroxylation is 2. The molecule has 1 aromatic heterocycles. The molecule has 0 radical (unpaired) electrons. The van der Waals surface area contributed by atoms with Crippen LogP contribution in [0.5, 0.6) is 0 Å². The molecule has 1 fully saturated rings. The molecule has 0 bridgehead atoms. The predicted octanol–water partition coefficient (Wildman–Crippen LogP) is 1.79. The molecular formula is C12H14F3N3O2. The molecular weight excluding hydrogens is 275 g/mol.